The van der Waals surface area contributed by atoms with Crippen molar-refractivity contribution in [1.29, 1.82) is 0 Å². The molecule has 0 aromatic heterocycles. The molecule has 0 saturated heterocycles. The first kappa shape index (κ1) is 14.6. The van der Waals surface area contributed by atoms with Crippen LogP contribution in [0.25, 0.3) is 0 Å². The summed E-state index contributed by atoms with van der Waals surface area (Å²) >= 11 is 0. The molecular formula is C18H29N. The molecule has 1 fully saturated rings. The first-order valence-electron chi connectivity index (χ1n) is 7.94. The molecule has 0 aliphatic heterocycles. The van der Waals surface area contributed by atoms with Crippen LogP contribution in [-0.2, 0) is 0 Å². The lowest BCUT2D eigenvalue weighted by Crippen LogP contribution is -2.34. The molecule has 2 rings (SSSR count). The number of rotatable bonds is 5. The van der Waals surface area contributed by atoms with Crippen molar-refractivity contribution in [3.05, 3.63) is 35.4 Å². The van der Waals surface area contributed by atoms with Gasteiger partial charge in [-0.2, -0.15) is 0 Å². The van der Waals surface area contributed by atoms with E-state index in [0.717, 1.165) is 5.92 Å². The van der Waals surface area contributed by atoms with Crippen LogP contribution in [0.3, 0.4) is 0 Å². The number of benzene rings is 1. The van der Waals surface area contributed by atoms with Crippen LogP contribution in [0.5, 0.6) is 0 Å². The summed E-state index contributed by atoms with van der Waals surface area (Å²) in [5, 5.41) is 3.79. The molecule has 0 heterocycles. The Morgan fingerprint density at radius 3 is 1.95 bits per heavy atom. The van der Waals surface area contributed by atoms with Gasteiger partial charge in [0.25, 0.3) is 0 Å². The van der Waals surface area contributed by atoms with E-state index in [2.05, 4.69) is 57.3 Å². The van der Waals surface area contributed by atoms with Crippen molar-refractivity contribution >= 4 is 0 Å². The molecule has 1 nitrogen and oxygen atoms in total. The van der Waals surface area contributed by atoms with E-state index in [1.165, 1.54) is 36.8 Å². The lowest BCUT2D eigenvalue weighted by atomic mass is 9.96. The summed E-state index contributed by atoms with van der Waals surface area (Å²) in [6.07, 6.45) is 5.67. The Bertz CT molecular complexity index is 373. The maximum absolute atomic E-state index is 3.79. The minimum absolute atomic E-state index is 0.455. The molecule has 19 heavy (non-hydrogen) atoms. The molecule has 0 amide bonds. The minimum Gasteiger partial charge on any atom is -0.307 e. The molecule has 0 radical (unpaired) electrons. The van der Waals surface area contributed by atoms with Crippen molar-refractivity contribution in [2.45, 2.75) is 71.4 Å². The van der Waals surface area contributed by atoms with Crippen LogP contribution in [0.4, 0.5) is 0 Å². The van der Waals surface area contributed by atoms with E-state index in [1.54, 1.807) is 0 Å². The molecule has 2 unspecified atom stereocenters. The van der Waals surface area contributed by atoms with Crippen LogP contribution in [0.15, 0.2) is 24.3 Å². The largest absolute Gasteiger partial charge is 0.307 e. The van der Waals surface area contributed by atoms with Crippen LogP contribution in [-0.4, -0.2) is 6.04 Å². The molecule has 1 aromatic carbocycles. The van der Waals surface area contributed by atoms with Gasteiger partial charge in [0.1, 0.15) is 0 Å². The van der Waals surface area contributed by atoms with Crippen molar-refractivity contribution < 1.29 is 0 Å². The van der Waals surface area contributed by atoms with Gasteiger partial charge < -0.3 is 5.32 Å². The van der Waals surface area contributed by atoms with Gasteiger partial charge >= 0.3 is 0 Å². The predicted molar refractivity (Wildman–Crippen MR) is 83.5 cm³/mol. The maximum Gasteiger partial charge on any atom is 0.0294 e. The van der Waals surface area contributed by atoms with Gasteiger partial charge in [0, 0.05) is 12.1 Å². The van der Waals surface area contributed by atoms with Crippen LogP contribution < -0.4 is 5.32 Å². The second-order valence-electron chi connectivity index (χ2n) is 6.54. The van der Waals surface area contributed by atoms with E-state index in [4.69, 9.17) is 0 Å². The average Bonchev–Trinajstić information content (AvgIpc) is 2.92. The van der Waals surface area contributed by atoms with Gasteiger partial charge in [0.05, 0.1) is 0 Å². The van der Waals surface area contributed by atoms with Crippen molar-refractivity contribution in [3.8, 4) is 0 Å². The zero-order valence-electron chi connectivity index (χ0n) is 12.9. The fourth-order valence-corrected chi connectivity index (χ4v) is 3.25. The number of hydrogen-bond acceptors (Lipinski definition) is 1. The second-order valence-corrected chi connectivity index (χ2v) is 6.54. The lowest BCUT2D eigenvalue weighted by molar-refractivity contribution is 0.352. The Morgan fingerprint density at radius 1 is 0.895 bits per heavy atom. The van der Waals surface area contributed by atoms with Crippen LogP contribution in [0.1, 0.15) is 76.5 Å². The Kier molecular flexibility index (Phi) is 5.04. The third kappa shape index (κ3) is 3.82. The van der Waals surface area contributed by atoms with Gasteiger partial charge in [0.15, 0.2) is 0 Å². The van der Waals surface area contributed by atoms with Gasteiger partial charge in [-0.1, -0.05) is 51.0 Å². The quantitative estimate of drug-likeness (QED) is 0.781. The molecule has 1 aliphatic carbocycles. The lowest BCUT2D eigenvalue weighted by Gasteiger charge is -2.25. The highest BCUT2D eigenvalue weighted by molar-refractivity contribution is 5.26. The van der Waals surface area contributed by atoms with Crippen LogP contribution >= 0.6 is 0 Å². The highest BCUT2D eigenvalue weighted by Crippen LogP contribution is 2.29. The fourth-order valence-electron chi connectivity index (χ4n) is 3.25. The average molecular weight is 259 g/mol. The van der Waals surface area contributed by atoms with E-state index in [1.807, 2.05) is 0 Å². The zero-order valence-corrected chi connectivity index (χ0v) is 12.9. The molecule has 1 aliphatic rings. The smallest absolute Gasteiger partial charge is 0.0294 e. The van der Waals surface area contributed by atoms with Crippen LogP contribution in [0, 0.1) is 5.92 Å². The Hall–Kier alpha value is -0.820. The van der Waals surface area contributed by atoms with Gasteiger partial charge in [-0.25, -0.2) is 0 Å². The Balaban J connectivity index is 1.93. The topological polar surface area (TPSA) is 12.0 Å². The third-order valence-corrected chi connectivity index (χ3v) is 4.72. The molecule has 0 spiro atoms. The van der Waals surface area contributed by atoms with E-state index in [-0.39, 0.29) is 0 Å². The highest BCUT2D eigenvalue weighted by Gasteiger charge is 2.22. The minimum atomic E-state index is 0.455. The van der Waals surface area contributed by atoms with Crippen molar-refractivity contribution in [1.82, 2.24) is 5.32 Å². The number of nitrogens with one attached hydrogen (secondary N) is 1. The molecule has 1 N–H and O–H groups in total. The van der Waals surface area contributed by atoms with Crippen molar-refractivity contribution in [2.75, 3.05) is 0 Å². The maximum atomic E-state index is 3.79. The molecular weight excluding hydrogens is 230 g/mol. The van der Waals surface area contributed by atoms with Gasteiger partial charge in [0.2, 0.25) is 0 Å². The molecule has 2 atom stereocenters. The van der Waals surface area contributed by atoms with Crippen LogP contribution in [0.2, 0.25) is 0 Å². The summed E-state index contributed by atoms with van der Waals surface area (Å²) in [6, 6.07) is 10.2. The van der Waals surface area contributed by atoms with Gasteiger partial charge in [-0.15, -0.1) is 0 Å². The summed E-state index contributed by atoms with van der Waals surface area (Å²) in [4.78, 5) is 0. The highest BCUT2D eigenvalue weighted by atomic mass is 14.9. The molecule has 1 saturated carbocycles. The molecule has 106 valence electrons. The molecule has 1 heteroatoms. The Morgan fingerprint density at radius 2 is 1.42 bits per heavy atom. The standard InChI is InChI=1S/C18H29N/c1-13(2)16-9-11-18(12-10-16)15(4)19-14(3)17-7-5-6-8-17/h9-15,17,19H,5-8H2,1-4H3. The fraction of sp³-hybridized carbons (Fsp3) is 0.667. The summed E-state index contributed by atoms with van der Waals surface area (Å²) in [5.74, 6) is 1.51. The van der Waals surface area contributed by atoms with Gasteiger partial charge in [-0.05, 0) is 49.7 Å². The SMILES string of the molecule is CC(C)c1ccc(C(C)NC(C)C2CCCC2)cc1. The second kappa shape index (κ2) is 6.56. The third-order valence-electron chi connectivity index (χ3n) is 4.72. The Labute approximate surface area is 118 Å². The zero-order chi connectivity index (χ0) is 13.8. The summed E-state index contributed by atoms with van der Waals surface area (Å²) in [5.41, 5.74) is 2.84. The first-order chi connectivity index (χ1) is 9.08. The molecule has 0 bridgehead atoms. The van der Waals surface area contributed by atoms with E-state index >= 15 is 0 Å². The van der Waals surface area contributed by atoms with E-state index in [9.17, 15) is 0 Å². The number of hydrogen-bond donors (Lipinski definition) is 1. The normalized spacial score (nSPS) is 19.8. The van der Waals surface area contributed by atoms with E-state index in [0.29, 0.717) is 18.0 Å². The first-order valence-corrected chi connectivity index (χ1v) is 7.94. The monoisotopic (exact) mass is 259 g/mol. The molecule has 1 aromatic rings. The van der Waals surface area contributed by atoms with E-state index < -0.39 is 0 Å². The van der Waals surface area contributed by atoms with Crippen molar-refractivity contribution in [3.63, 3.8) is 0 Å². The summed E-state index contributed by atoms with van der Waals surface area (Å²) < 4.78 is 0. The van der Waals surface area contributed by atoms with Gasteiger partial charge in [-0.3, -0.25) is 0 Å². The predicted octanol–water partition coefficient (Wildman–Crippen LogP) is 5.04. The van der Waals surface area contributed by atoms with Crippen molar-refractivity contribution in [2.24, 2.45) is 5.92 Å². The summed E-state index contributed by atoms with van der Waals surface area (Å²) in [6.45, 7) is 9.14. The summed E-state index contributed by atoms with van der Waals surface area (Å²) in [7, 11) is 0.